The molecule has 1 N–H and O–H groups in total. The van der Waals surface area contributed by atoms with Crippen LogP contribution in [0.3, 0.4) is 0 Å². The van der Waals surface area contributed by atoms with Gasteiger partial charge in [-0.3, -0.25) is 9.59 Å². The summed E-state index contributed by atoms with van der Waals surface area (Å²) in [5.41, 5.74) is 0. The molecule has 0 aromatic carbocycles. The van der Waals surface area contributed by atoms with Crippen molar-refractivity contribution in [2.24, 2.45) is 0 Å². The quantitative estimate of drug-likeness (QED) is 0.0381. The Kier molecular flexibility index (Phi) is 43.6. The zero-order chi connectivity index (χ0) is 40.7. The average molecular weight is 777 g/mol. The van der Waals surface area contributed by atoms with Crippen molar-refractivity contribution in [3.05, 3.63) is 97.2 Å². The first kappa shape index (κ1) is 52.8. The summed E-state index contributed by atoms with van der Waals surface area (Å²) in [5.74, 6) is -0.746. The van der Waals surface area contributed by atoms with E-state index < -0.39 is 12.1 Å². The predicted molar refractivity (Wildman–Crippen MR) is 242 cm³/mol. The first-order valence-corrected chi connectivity index (χ1v) is 22.8. The predicted octanol–water partition coefficient (Wildman–Crippen LogP) is 14.8. The Morgan fingerprint density at radius 2 is 0.821 bits per heavy atom. The maximum Gasteiger partial charge on any atom is 0.310 e. The van der Waals surface area contributed by atoms with Gasteiger partial charge in [0, 0.05) is 6.42 Å². The SMILES string of the molecule is CC/C=C\C/C=C\C/C=C\C/C=C\C/C=C\CC(=O)OC(CO)COC(=O)CCCCCCCCCCCCCC/C=C\C/C=C\C/C=C\CCCCCCC. The van der Waals surface area contributed by atoms with Gasteiger partial charge in [0.25, 0.3) is 0 Å². The summed E-state index contributed by atoms with van der Waals surface area (Å²) in [4.78, 5) is 24.3. The van der Waals surface area contributed by atoms with E-state index in [1.807, 2.05) is 6.08 Å². The molecule has 0 amide bonds. The van der Waals surface area contributed by atoms with Crippen LogP contribution in [0.4, 0.5) is 0 Å². The van der Waals surface area contributed by atoms with Gasteiger partial charge in [-0.1, -0.05) is 201 Å². The number of hydrogen-bond donors (Lipinski definition) is 1. The lowest BCUT2D eigenvalue weighted by atomic mass is 10.0. The van der Waals surface area contributed by atoms with Gasteiger partial charge < -0.3 is 14.6 Å². The van der Waals surface area contributed by atoms with Gasteiger partial charge in [-0.2, -0.15) is 0 Å². The van der Waals surface area contributed by atoms with Gasteiger partial charge >= 0.3 is 11.9 Å². The molecule has 56 heavy (non-hydrogen) atoms. The Morgan fingerprint density at radius 1 is 0.446 bits per heavy atom. The van der Waals surface area contributed by atoms with Crippen LogP contribution in [0, 0.1) is 0 Å². The van der Waals surface area contributed by atoms with E-state index in [2.05, 4.69) is 98.9 Å². The Morgan fingerprint density at radius 3 is 1.25 bits per heavy atom. The fraction of sp³-hybridized carbons (Fsp3) is 0.647. The van der Waals surface area contributed by atoms with E-state index in [-0.39, 0.29) is 25.6 Å². The van der Waals surface area contributed by atoms with Crippen LogP contribution in [0.2, 0.25) is 0 Å². The van der Waals surface area contributed by atoms with Gasteiger partial charge in [0.15, 0.2) is 6.10 Å². The van der Waals surface area contributed by atoms with Crippen LogP contribution in [0.1, 0.15) is 194 Å². The number of aliphatic hydroxyl groups is 1. The molecule has 0 rings (SSSR count). The minimum atomic E-state index is -0.832. The molecule has 318 valence electrons. The van der Waals surface area contributed by atoms with Crippen LogP contribution in [-0.2, 0) is 19.1 Å². The molecular formula is C51H84O5. The molecule has 0 aromatic rings. The minimum absolute atomic E-state index is 0.112. The van der Waals surface area contributed by atoms with Gasteiger partial charge in [0.1, 0.15) is 6.61 Å². The highest BCUT2D eigenvalue weighted by Crippen LogP contribution is 2.14. The number of aliphatic hydroxyl groups excluding tert-OH is 1. The summed E-state index contributed by atoms with van der Waals surface area (Å²) < 4.78 is 10.5. The molecule has 5 heteroatoms. The number of unbranched alkanes of at least 4 members (excludes halogenated alkanes) is 17. The fourth-order valence-electron chi connectivity index (χ4n) is 5.99. The number of esters is 2. The fourth-order valence-corrected chi connectivity index (χ4v) is 5.99. The van der Waals surface area contributed by atoms with E-state index in [0.717, 1.165) is 64.2 Å². The van der Waals surface area contributed by atoms with E-state index in [4.69, 9.17) is 9.47 Å². The Balaban J connectivity index is 3.61. The Hall–Kier alpha value is -3.18. The molecule has 0 aliphatic carbocycles. The van der Waals surface area contributed by atoms with Gasteiger partial charge in [-0.05, 0) is 77.0 Å². The molecule has 1 unspecified atom stereocenters. The smallest absolute Gasteiger partial charge is 0.310 e. The summed E-state index contributed by atoms with van der Waals surface area (Å²) in [5, 5.41) is 9.56. The van der Waals surface area contributed by atoms with E-state index in [9.17, 15) is 14.7 Å². The molecule has 0 saturated carbocycles. The Bertz CT molecular complexity index is 1110. The summed E-state index contributed by atoms with van der Waals surface area (Å²) >= 11 is 0. The third-order valence-electron chi connectivity index (χ3n) is 9.39. The van der Waals surface area contributed by atoms with Gasteiger partial charge in [-0.25, -0.2) is 0 Å². The van der Waals surface area contributed by atoms with Crippen LogP contribution < -0.4 is 0 Å². The molecule has 0 fully saturated rings. The van der Waals surface area contributed by atoms with Crippen molar-refractivity contribution in [1.82, 2.24) is 0 Å². The monoisotopic (exact) mass is 777 g/mol. The maximum absolute atomic E-state index is 12.1. The third-order valence-corrected chi connectivity index (χ3v) is 9.39. The van der Waals surface area contributed by atoms with Gasteiger partial charge in [0.05, 0.1) is 13.0 Å². The molecule has 0 saturated heterocycles. The van der Waals surface area contributed by atoms with Crippen molar-refractivity contribution in [2.75, 3.05) is 13.2 Å². The zero-order valence-corrected chi connectivity index (χ0v) is 36.1. The number of hydrogen-bond acceptors (Lipinski definition) is 5. The van der Waals surface area contributed by atoms with Crippen molar-refractivity contribution >= 4 is 11.9 Å². The molecule has 5 nitrogen and oxygen atoms in total. The molecule has 0 aliphatic heterocycles. The van der Waals surface area contributed by atoms with Crippen molar-refractivity contribution in [3.8, 4) is 0 Å². The maximum atomic E-state index is 12.1. The first-order valence-electron chi connectivity index (χ1n) is 22.8. The van der Waals surface area contributed by atoms with E-state index in [1.54, 1.807) is 6.08 Å². The highest BCUT2D eigenvalue weighted by molar-refractivity contribution is 5.71. The number of rotatable bonds is 40. The number of ether oxygens (including phenoxy) is 2. The minimum Gasteiger partial charge on any atom is -0.462 e. The summed E-state index contributed by atoms with van der Waals surface area (Å²) in [6.07, 6.45) is 65.1. The molecule has 0 radical (unpaired) electrons. The van der Waals surface area contributed by atoms with Crippen LogP contribution in [-0.4, -0.2) is 36.4 Å². The topological polar surface area (TPSA) is 72.8 Å². The highest BCUT2D eigenvalue weighted by Gasteiger charge is 2.15. The Labute approximate surface area is 345 Å². The lowest BCUT2D eigenvalue weighted by molar-refractivity contribution is -0.160. The summed E-state index contributed by atoms with van der Waals surface area (Å²) in [6.45, 7) is 3.92. The van der Waals surface area contributed by atoms with Crippen LogP contribution in [0.25, 0.3) is 0 Å². The zero-order valence-electron chi connectivity index (χ0n) is 36.1. The van der Waals surface area contributed by atoms with E-state index in [0.29, 0.717) is 6.42 Å². The van der Waals surface area contributed by atoms with Crippen molar-refractivity contribution in [1.29, 1.82) is 0 Å². The van der Waals surface area contributed by atoms with Gasteiger partial charge in [-0.15, -0.1) is 0 Å². The second-order valence-electron chi connectivity index (χ2n) is 14.8. The van der Waals surface area contributed by atoms with Gasteiger partial charge in [0.2, 0.25) is 0 Å². The van der Waals surface area contributed by atoms with Crippen LogP contribution >= 0.6 is 0 Å². The second kappa shape index (κ2) is 46.2. The molecule has 0 bridgehead atoms. The van der Waals surface area contributed by atoms with Crippen LogP contribution in [0.15, 0.2) is 97.2 Å². The number of allylic oxidation sites excluding steroid dienone is 15. The molecule has 0 aromatic heterocycles. The van der Waals surface area contributed by atoms with Crippen LogP contribution in [0.5, 0.6) is 0 Å². The molecule has 0 spiro atoms. The lowest BCUT2D eigenvalue weighted by Crippen LogP contribution is -2.28. The number of carbonyl (C=O) groups excluding carboxylic acids is 2. The normalized spacial score (nSPS) is 13.1. The third kappa shape index (κ3) is 43.5. The number of carbonyl (C=O) groups is 2. The largest absolute Gasteiger partial charge is 0.462 e. The molecule has 0 heterocycles. The van der Waals surface area contributed by atoms with Crippen molar-refractivity contribution in [3.63, 3.8) is 0 Å². The van der Waals surface area contributed by atoms with E-state index in [1.165, 1.54) is 103 Å². The van der Waals surface area contributed by atoms with Crippen molar-refractivity contribution in [2.45, 2.75) is 200 Å². The average Bonchev–Trinajstić information content (AvgIpc) is 3.20. The standard InChI is InChI=1S/C51H84O5/c1-3-5-7-9-11-13-15-17-19-20-21-22-23-24-25-26-27-28-29-30-32-33-35-37-39-41-43-45-50(53)55-48-49(47-52)56-51(54)46-44-42-40-38-36-34-31-18-16-14-12-10-8-6-4-2/h6,8,12,14-15,17-18,20-21,23-24,31,36,38,42,44,49,52H,3-5,7,9-11,13,16,19,22,25-30,32-35,37,39-41,43,45-48H2,1-2H3/b8-6-,14-12-,17-15-,21-20-,24-23-,31-18-,38-36-,44-42-. The first-order chi connectivity index (χ1) is 27.6. The molecule has 0 aliphatic rings. The van der Waals surface area contributed by atoms with E-state index >= 15 is 0 Å². The van der Waals surface area contributed by atoms with Crippen molar-refractivity contribution < 1.29 is 24.2 Å². The lowest BCUT2D eigenvalue weighted by Gasteiger charge is -2.15. The highest BCUT2D eigenvalue weighted by atomic mass is 16.6. The summed E-state index contributed by atoms with van der Waals surface area (Å²) in [6, 6.07) is 0. The molecular weight excluding hydrogens is 693 g/mol. The molecule has 1 atom stereocenters. The summed E-state index contributed by atoms with van der Waals surface area (Å²) in [7, 11) is 0. The second-order valence-corrected chi connectivity index (χ2v) is 14.8.